The van der Waals surface area contributed by atoms with Crippen LogP contribution in [0.5, 0.6) is 5.88 Å². The number of carboxylic acid groups (broad SMARTS) is 1. The first kappa shape index (κ1) is 30.0. The molecular formula is C28H23F6N3O3. The average Bonchev–Trinajstić information content (AvgIpc) is 3.20. The summed E-state index contributed by atoms with van der Waals surface area (Å²) in [5, 5.41) is 17.3. The van der Waals surface area contributed by atoms with Crippen LogP contribution in [0.1, 0.15) is 22.3 Å². The maximum atomic E-state index is 12.9. The second-order valence-electron chi connectivity index (χ2n) is 8.53. The lowest BCUT2D eigenvalue weighted by molar-refractivity contribution is -0.192. The van der Waals surface area contributed by atoms with Gasteiger partial charge in [-0.15, -0.1) is 0 Å². The second kappa shape index (κ2) is 12.1. The van der Waals surface area contributed by atoms with Gasteiger partial charge in [-0.2, -0.15) is 31.6 Å². The normalized spacial score (nSPS) is 11.5. The highest BCUT2D eigenvalue weighted by atomic mass is 19.4. The third-order valence-corrected chi connectivity index (χ3v) is 5.89. The number of aliphatic carboxylic acids is 1. The first-order chi connectivity index (χ1) is 18.8. The largest absolute Gasteiger partial charge is 0.490 e. The zero-order valence-corrected chi connectivity index (χ0v) is 21.0. The van der Waals surface area contributed by atoms with Gasteiger partial charge >= 0.3 is 18.3 Å². The molecular weight excluding hydrogens is 540 g/mol. The van der Waals surface area contributed by atoms with Crippen LogP contribution in [0.3, 0.4) is 0 Å². The molecule has 0 bridgehead atoms. The van der Waals surface area contributed by atoms with Crippen molar-refractivity contribution in [1.29, 1.82) is 5.26 Å². The molecule has 40 heavy (non-hydrogen) atoms. The first-order valence-electron chi connectivity index (χ1n) is 11.7. The van der Waals surface area contributed by atoms with Crippen LogP contribution in [0.25, 0.3) is 22.0 Å². The molecule has 4 rings (SSSR count). The highest BCUT2D eigenvalue weighted by Gasteiger charge is 2.38. The maximum absolute atomic E-state index is 12.9. The summed E-state index contributed by atoms with van der Waals surface area (Å²) in [6.45, 7) is 0.773. The number of halogens is 6. The molecule has 0 spiro atoms. The van der Waals surface area contributed by atoms with Crippen LogP contribution in [0, 0.1) is 11.3 Å². The van der Waals surface area contributed by atoms with Crippen LogP contribution in [-0.2, 0) is 23.9 Å². The molecule has 0 aliphatic heterocycles. The summed E-state index contributed by atoms with van der Waals surface area (Å²) in [6, 6.07) is 20.7. The minimum atomic E-state index is -5.08. The lowest BCUT2D eigenvalue weighted by atomic mass is 10.00. The first-order valence-corrected chi connectivity index (χ1v) is 11.7. The molecule has 1 aromatic heterocycles. The quantitative estimate of drug-likeness (QED) is 0.265. The van der Waals surface area contributed by atoms with Crippen molar-refractivity contribution < 1.29 is 41.0 Å². The van der Waals surface area contributed by atoms with E-state index in [1.165, 1.54) is 12.1 Å². The number of benzene rings is 3. The van der Waals surface area contributed by atoms with E-state index >= 15 is 0 Å². The van der Waals surface area contributed by atoms with Crippen molar-refractivity contribution >= 4 is 16.9 Å². The van der Waals surface area contributed by atoms with E-state index in [4.69, 9.17) is 20.4 Å². The Hall–Kier alpha value is -4.50. The molecule has 0 unspecified atom stereocenters. The molecule has 3 aromatic carbocycles. The summed E-state index contributed by atoms with van der Waals surface area (Å²) in [5.74, 6) is -2.12. The van der Waals surface area contributed by atoms with Gasteiger partial charge in [0.1, 0.15) is 0 Å². The number of alkyl halides is 6. The van der Waals surface area contributed by atoms with Crippen molar-refractivity contribution in [3.05, 3.63) is 89.0 Å². The fraction of sp³-hybridized carbons (Fsp3) is 0.214. The van der Waals surface area contributed by atoms with E-state index in [1.807, 2.05) is 41.0 Å². The number of carboxylic acids is 1. The van der Waals surface area contributed by atoms with Crippen LogP contribution in [-0.4, -0.2) is 35.5 Å². The van der Waals surface area contributed by atoms with Gasteiger partial charge in [-0.1, -0.05) is 30.3 Å². The monoisotopic (exact) mass is 563 g/mol. The van der Waals surface area contributed by atoms with E-state index in [0.717, 1.165) is 45.3 Å². The fourth-order valence-electron chi connectivity index (χ4n) is 4.11. The van der Waals surface area contributed by atoms with Gasteiger partial charge < -0.3 is 20.1 Å². The molecule has 210 valence electrons. The number of carbonyl (C=O) groups is 1. The zero-order valence-electron chi connectivity index (χ0n) is 21.0. The van der Waals surface area contributed by atoms with E-state index in [1.54, 1.807) is 13.2 Å². The summed E-state index contributed by atoms with van der Waals surface area (Å²) in [6.07, 6.45) is -8.87. The molecule has 6 nitrogen and oxygen atoms in total. The van der Waals surface area contributed by atoms with E-state index in [9.17, 15) is 31.6 Å². The van der Waals surface area contributed by atoms with Gasteiger partial charge in [0.15, 0.2) is 5.88 Å². The number of nitrogens with two attached hydrogens (primary N) is 1. The van der Waals surface area contributed by atoms with Gasteiger partial charge in [0, 0.05) is 10.9 Å². The van der Waals surface area contributed by atoms with Gasteiger partial charge in [-0.25, -0.2) is 4.79 Å². The summed E-state index contributed by atoms with van der Waals surface area (Å²) >= 11 is 0. The number of methoxy groups -OCH3 is 1. The Kier molecular flexibility index (Phi) is 9.11. The predicted molar refractivity (Wildman–Crippen MR) is 136 cm³/mol. The molecule has 0 fully saturated rings. The van der Waals surface area contributed by atoms with E-state index in [2.05, 4.69) is 6.07 Å². The number of ether oxygens (including phenoxy) is 1. The Bertz CT molecular complexity index is 1530. The van der Waals surface area contributed by atoms with Crippen molar-refractivity contribution in [3.8, 4) is 23.1 Å². The number of fused-ring (bicyclic) bond motifs is 1. The lowest BCUT2D eigenvalue weighted by Gasteiger charge is -2.12. The van der Waals surface area contributed by atoms with Crippen molar-refractivity contribution in [2.24, 2.45) is 5.73 Å². The molecule has 0 saturated carbocycles. The van der Waals surface area contributed by atoms with E-state index < -0.39 is 23.9 Å². The number of nitrogens with zero attached hydrogens (tertiary/aromatic N) is 2. The topological polar surface area (TPSA) is 101 Å². The molecule has 0 atom stereocenters. The average molecular weight is 563 g/mol. The molecule has 4 aromatic rings. The molecule has 12 heteroatoms. The standard InChI is InChI=1S/C26H22F3N3O.C2HF3O2/c1-33-25-22(11-12-30)23-14-20(19-4-2-3-18(13-19)15-31)7-10-24(23)32(25)16-17-5-8-21(9-6-17)26(27,28)29;3-2(4,5)1(6)7/h2-10,13-14H,11-12,16,30H2,1H3;(H,6,7). The van der Waals surface area contributed by atoms with E-state index in [0.29, 0.717) is 31.0 Å². The van der Waals surface area contributed by atoms with Crippen molar-refractivity contribution in [2.45, 2.75) is 25.3 Å². The number of hydrogen-bond donors (Lipinski definition) is 2. The Morgan fingerprint density at radius 1 is 1.00 bits per heavy atom. The molecule has 0 saturated heterocycles. The third kappa shape index (κ3) is 6.92. The maximum Gasteiger partial charge on any atom is 0.490 e. The Morgan fingerprint density at radius 3 is 2.15 bits per heavy atom. The van der Waals surface area contributed by atoms with Gasteiger partial charge in [0.2, 0.25) is 0 Å². The van der Waals surface area contributed by atoms with Gasteiger partial charge in [0.25, 0.3) is 0 Å². The van der Waals surface area contributed by atoms with E-state index in [-0.39, 0.29) is 0 Å². The van der Waals surface area contributed by atoms with Crippen molar-refractivity contribution in [1.82, 2.24) is 4.57 Å². The zero-order chi connectivity index (χ0) is 29.7. The number of rotatable bonds is 6. The van der Waals surface area contributed by atoms with Crippen LogP contribution in [0.15, 0.2) is 66.7 Å². The Labute approximate surface area is 224 Å². The molecule has 0 amide bonds. The molecule has 0 radical (unpaired) electrons. The molecule has 0 aliphatic rings. The van der Waals surface area contributed by atoms with Gasteiger partial charge in [0.05, 0.1) is 36.4 Å². The summed E-state index contributed by atoms with van der Waals surface area (Å²) in [5.41, 5.74) is 10.2. The van der Waals surface area contributed by atoms with Crippen LogP contribution in [0.4, 0.5) is 26.3 Å². The van der Waals surface area contributed by atoms with Crippen molar-refractivity contribution in [2.75, 3.05) is 13.7 Å². The van der Waals surface area contributed by atoms with Crippen LogP contribution < -0.4 is 10.5 Å². The molecule has 1 heterocycles. The minimum absolute atomic E-state index is 0.353. The van der Waals surface area contributed by atoms with Crippen LogP contribution in [0.2, 0.25) is 0 Å². The number of aromatic nitrogens is 1. The van der Waals surface area contributed by atoms with Crippen LogP contribution >= 0.6 is 0 Å². The fourth-order valence-corrected chi connectivity index (χ4v) is 4.11. The van der Waals surface area contributed by atoms with Gasteiger partial charge in [-0.05, 0) is 66.1 Å². The minimum Gasteiger partial charge on any atom is -0.482 e. The third-order valence-electron chi connectivity index (χ3n) is 5.89. The Morgan fingerprint density at radius 2 is 1.62 bits per heavy atom. The summed E-state index contributed by atoms with van der Waals surface area (Å²) in [7, 11) is 1.58. The molecule has 0 aliphatic carbocycles. The molecule has 3 N–H and O–H groups in total. The predicted octanol–water partition coefficient (Wildman–Crippen LogP) is 6.39. The second-order valence-corrected chi connectivity index (χ2v) is 8.53. The SMILES string of the molecule is COc1c(CCN)c2cc(-c3cccc(C#N)c3)ccc2n1Cc1ccc(C(F)(F)F)cc1.O=C(O)C(F)(F)F. The lowest BCUT2D eigenvalue weighted by Crippen LogP contribution is -2.21. The number of hydrogen-bond acceptors (Lipinski definition) is 4. The highest BCUT2D eigenvalue weighted by molar-refractivity contribution is 5.91. The van der Waals surface area contributed by atoms with Crippen molar-refractivity contribution in [3.63, 3.8) is 0 Å². The highest BCUT2D eigenvalue weighted by Crippen LogP contribution is 2.36. The summed E-state index contributed by atoms with van der Waals surface area (Å²) in [4.78, 5) is 8.90. The summed E-state index contributed by atoms with van der Waals surface area (Å²) < 4.78 is 78.2. The van der Waals surface area contributed by atoms with Gasteiger partial charge in [-0.3, -0.25) is 0 Å². The Balaban J connectivity index is 0.000000559. The smallest absolute Gasteiger partial charge is 0.482 e. The number of nitriles is 1.